The molecule has 2 saturated heterocycles. The van der Waals surface area contributed by atoms with Crippen LogP contribution >= 0.6 is 0 Å². The van der Waals surface area contributed by atoms with Gasteiger partial charge in [0.05, 0.1) is 5.60 Å². The lowest BCUT2D eigenvalue weighted by Crippen LogP contribution is -2.67. The van der Waals surface area contributed by atoms with Crippen LogP contribution in [-0.2, 0) is 33.3 Å². The average molecular weight is 481 g/mol. The highest BCUT2D eigenvalue weighted by atomic mass is 16.7. The summed E-state index contributed by atoms with van der Waals surface area (Å²) in [5.74, 6) is -3.16. The molecule has 0 saturated carbocycles. The standard InChI is InChI=1S/C24H32O10/c1-11-9-14(31-12(2)25)18(28)21(4)8-7-15(27)22(5,30)17(21)19(32-13(3)26)24-16(10-11)33-20(29)23(24,6)34-24/h7-8,10,14-19,27-28,30H,9H2,1-6H3/b11-10-/t14-,15+,16-,17+,18-,19-,21-,22+,23-,24-/m0/s1. The molecule has 0 aromatic carbocycles. The Balaban J connectivity index is 2.00. The zero-order valence-electron chi connectivity index (χ0n) is 20.1. The van der Waals surface area contributed by atoms with Crippen molar-refractivity contribution in [3.63, 3.8) is 0 Å². The molecular weight excluding hydrogens is 448 g/mol. The van der Waals surface area contributed by atoms with Crippen LogP contribution in [0.1, 0.15) is 48.0 Å². The lowest BCUT2D eigenvalue weighted by molar-refractivity contribution is -0.217. The SMILES string of the molecule is CC(=O)O[C@H]1C/C(C)=C\[C@@H]2OC(=O)[C@]3(C)O[C@]23[C@@H](OC(C)=O)[C@H]2[C@](C)(O)[C@H](O)C=C[C@]2(C)[C@H]1O. The number of hydrogen-bond donors (Lipinski definition) is 3. The maximum Gasteiger partial charge on any atom is 0.342 e. The van der Waals surface area contributed by atoms with E-state index < -0.39 is 76.6 Å². The van der Waals surface area contributed by atoms with Crippen molar-refractivity contribution in [1.82, 2.24) is 0 Å². The maximum atomic E-state index is 12.8. The van der Waals surface area contributed by atoms with Gasteiger partial charge >= 0.3 is 17.9 Å². The lowest BCUT2D eigenvalue weighted by atomic mass is 9.55. The number of carbonyl (C=O) groups is 3. The van der Waals surface area contributed by atoms with Gasteiger partial charge < -0.3 is 34.3 Å². The molecule has 0 bridgehead atoms. The van der Waals surface area contributed by atoms with Gasteiger partial charge in [-0.15, -0.1) is 0 Å². The number of hydrogen-bond acceptors (Lipinski definition) is 10. The smallest absolute Gasteiger partial charge is 0.342 e. The molecular formula is C24H32O10. The van der Waals surface area contributed by atoms with Crippen molar-refractivity contribution in [3.05, 3.63) is 23.8 Å². The minimum Gasteiger partial charge on any atom is -0.459 e. The van der Waals surface area contributed by atoms with E-state index in [9.17, 15) is 29.7 Å². The van der Waals surface area contributed by atoms with Gasteiger partial charge in [-0.3, -0.25) is 9.59 Å². The van der Waals surface area contributed by atoms with Crippen LogP contribution in [0.3, 0.4) is 0 Å². The third kappa shape index (κ3) is 3.26. The predicted octanol–water partition coefficient (Wildman–Crippen LogP) is 0.318. The van der Waals surface area contributed by atoms with Crippen molar-refractivity contribution in [2.24, 2.45) is 11.3 Å². The van der Waals surface area contributed by atoms with Gasteiger partial charge in [-0.2, -0.15) is 0 Å². The van der Waals surface area contributed by atoms with Crippen LogP contribution in [-0.4, -0.2) is 80.6 Å². The molecule has 4 aliphatic rings. The first-order valence-corrected chi connectivity index (χ1v) is 11.3. The molecule has 0 aromatic rings. The summed E-state index contributed by atoms with van der Waals surface area (Å²) in [6, 6.07) is 0. The molecule has 10 nitrogen and oxygen atoms in total. The molecule has 10 heteroatoms. The second kappa shape index (κ2) is 7.61. The molecule has 3 N–H and O–H groups in total. The first-order valence-electron chi connectivity index (χ1n) is 11.3. The quantitative estimate of drug-likeness (QED) is 0.218. The fourth-order valence-corrected chi connectivity index (χ4v) is 6.19. The van der Waals surface area contributed by atoms with E-state index in [2.05, 4.69) is 0 Å². The van der Waals surface area contributed by atoms with E-state index in [-0.39, 0.29) is 6.42 Å². The van der Waals surface area contributed by atoms with Crippen LogP contribution < -0.4 is 0 Å². The van der Waals surface area contributed by atoms with Gasteiger partial charge in [-0.1, -0.05) is 24.6 Å². The highest BCUT2D eigenvalue weighted by molar-refractivity contribution is 5.89. The van der Waals surface area contributed by atoms with Gasteiger partial charge in [0, 0.05) is 31.6 Å². The first kappa shape index (κ1) is 24.8. The van der Waals surface area contributed by atoms with Crippen molar-refractivity contribution in [1.29, 1.82) is 0 Å². The average Bonchev–Trinajstić information content (AvgIpc) is 3.29. The summed E-state index contributed by atoms with van der Waals surface area (Å²) in [7, 11) is 0. The highest BCUT2D eigenvalue weighted by Crippen LogP contribution is 2.65. The second-order valence-electron chi connectivity index (χ2n) is 10.5. The summed E-state index contributed by atoms with van der Waals surface area (Å²) in [6.45, 7) is 8.66. The second-order valence-corrected chi connectivity index (χ2v) is 10.5. The summed E-state index contributed by atoms with van der Waals surface area (Å²) in [5, 5.41) is 33.9. The van der Waals surface area contributed by atoms with Crippen LogP contribution in [0.15, 0.2) is 23.8 Å². The highest BCUT2D eigenvalue weighted by Gasteiger charge is 2.87. The van der Waals surface area contributed by atoms with E-state index in [1.165, 1.54) is 39.8 Å². The molecule has 0 radical (unpaired) electrons. The number of aliphatic hydroxyl groups is 3. The molecule has 10 atom stereocenters. The van der Waals surface area contributed by atoms with Crippen molar-refractivity contribution >= 4 is 17.9 Å². The summed E-state index contributed by atoms with van der Waals surface area (Å²) < 4.78 is 22.9. The zero-order valence-corrected chi connectivity index (χ0v) is 20.1. The first-order chi connectivity index (χ1) is 15.6. The van der Waals surface area contributed by atoms with Gasteiger partial charge in [0.1, 0.15) is 24.4 Å². The molecule has 4 rings (SSSR count). The summed E-state index contributed by atoms with van der Waals surface area (Å²) in [4.78, 5) is 37.0. The molecule has 188 valence electrons. The predicted molar refractivity (Wildman–Crippen MR) is 115 cm³/mol. The monoisotopic (exact) mass is 480 g/mol. The number of aliphatic hydroxyl groups excluding tert-OH is 2. The van der Waals surface area contributed by atoms with Crippen molar-refractivity contribution in [2.75, 3.05) is 0 Å². The summed E-state index contributed by atoms with van der Waals surface area (Å²) >= 11 is 0. The Morgan fingerprint density at radius 1 is 1.12 bits per heavy atom. The van der Waals surface area contributed by atoms with Crippen molar-refractivity contribution in [3.8, 4) is 0 Å². The molecule has 2 aliphatic carbocycles. The van der Waals surface area contributed by atoms with Crippen molar-refractivity contribution in [2.45, 2.75) is 95.3 Å². The number of epoxide rings is 1. The fourth-order valence-electron chi connectivity index (χ4n) is 6.19. The number of carbonyl (C=O) groups excluding carboxylic acids is 3. The van der Waals surface area contributed by atoms with Gasteiger partial charge in [0.25, 0.3) is 0 Å². The van der Waals surface area contributed by atoms with Gasteiger partial charge in [-0.25, -0.2) is 4.79 Å². The Morgan fingerprint density at radius 2 is 1.74 bits per heavy atom. The van der Waals surface area contributed by atoms with Gasteiger partial charge in [0.15, 0.2) is 17.3 Å². The van der Waals surface area contributed by atoms with E-state index in [4.69, 9.17) is 18.9 Å². The summed E-state index contributed by atoms with van der Waals surface area (Å²) in [6.07, 6.45) is -1.48. The number of esters is 3. The molecule has 0 aromatic heterocycles. The van der Waals surface area contributed by atoms with Gasteiger partial charge in [-0.05, 0) is 26.8 Å². The number of ether oxygens (including phenoxy) is 4. The lowest BCUT2D eigenvalue weighted by Gasteiger charge is -2.54. The van der Waals surface area contributed by atoms with Gasteiger partial charge in [0.2, 0.25) is 0 Å². The van der Waals surface area contributed by atoms with E-state index in [1.807, 2.05) is 0 Å². The van der Waals surface area contributed by atoms with E-state index in [0.717, 1.165) is 0 Å². The molecule has 1 spiro atoms. The van der Waals surface area contributed by atoms with E-state index in [0.29, 0.717) is 5.57 Å². The Bertz CT molecular complexity index is 984. The molecule has 0 amide bonds. The zero-order chi connectivity index (χ0) is 25.4. The molecule has 34 heavy (non-hydrogen) atoms. The third-order valence-electron chi connectivity index (χ3n) is 7.94. The Kier molecular flexibility index (Phi) is 5.56. The normalized spacial score (nSPS) is 51.1. The molecule has 0 unspecified atom stereocenters. The minimum atomic E-state index is -1.94. The van der Waals surface area contributed by atoms with Crippen LogP contribution in [0, 0.1) is 11.3 Å². The molecule has 2 aliphatic heterocycles. The fraction of sp³-hybridized carbons (Fsp3) is 0.708. The third-order valence-corrected chi connectivity index (χ3v) is 7.94. The Morgan fingerprint density at radius 3 is 2.29 bits per heavy atom. The van der Waals surface area contributed by atoms with Crippen LogP contribution in [0.25, 0.3) is 0 Å². The molecule has 2 fully saturated rings. The van der Waals surface area contributed by atoms with Crippen molar-refractivity contribution < 1.29 is 48.7 Å². The Hall–Kier alpha value is -2.27. The van der Waals surface area contributed by atoms with E-state index >= 15 is 0 Å². The minimum absolute atomic E-state index is 0.112. The summed E-state index contributed by atoms with van der Waals surface area (Å²) in [5.41, 5.74) is -5.64. The largest absolute Gasteiger partial charge is 0.459 e. The number of rotatable bonds is 2. The van der Waals surface area contributed by atoms with Crippen LogP contribution in [0.2, 0.25) is 0 Å². The molecule has 2 heterocycles. The number of fused-ring (bicyclic) bond motifs is 1. The topological polar surface area (TPSA) is 152 Å². The van der Waals surface area contributed by atoms with Crippen LogP contribution in [0.4, 0.5) is 0 Å². The Labute approximate surface area is 197 Å². The maximum absolute atomic E-state index is 12.8. The van der Waals surface area contributed by atoms with E-state index in [1.54, 1.807) is 19.9 Å². The van der Waals surface area contributed by atoms with Crippen LogP contribution in [0.5, 0.6) is 0 Å².